The van der Waals surface area contributed by atoms with Gasteiger partial charge in [-0.2, -0.15) is 0 Å². The van der Waals surface area contributed by atoms with Gasteiger partial charge in [0.2, 0.25) is 0 Å². The first-order valence-electron chi connectivity index (χ1n) is 16.4. The summed E-state index contributed by atoms with van der Waals surface area (Å²) in [5, 5.41) is 12.9. The summed E-state index contributed by atoms with van der Waals surface area (Å²) in [6, 6.07) is 64.4. The van der Waals surface area contributed by atoms with E-state index in [9.17, 15) is 0 Å². The van der Waals surface area contributed by atoms with Crippen molar-refractivity contribution in [3.8, 4) is 11.1 Å². The molecule has 0 unspecified atom stereocenters. The Hall–Kier alpha value is -5.96. The van der Waals surface area contributed by atoms with E-state index in [-0.39, 0.29) is 0 Å². The average Bonchev–Trinajstić information content (AvgIpc) is 3.55. The van der Waals surface area contributed by atoms with Crippen LogP contribution in [-0.4, -0.2) is 0 Å². The molecule has 0 saturated carbocycles. The lowest BCUT2D eigenvalue weighted by atomic mass is 9.94. The quantitative estimate of drug-likeness (QED) is 0.176. The van der Waals surface area contributed by atoms with Gasteiger partial charge in [-0.3, -0.25) is 0 Å². The van der Waals surface area contributed by atoms with Crippen LogP contribution < -0.4 is 4.90 Å². The Morgan fingerprint density at radius 3 is 1.73 bits per heavy atom. The first-order valence-corrected chi connectivity index (χ1v) is 17.2. The molecule has 0 bridgehead atoms. The molecule has 1 aromatic heterocycles. The summed E-state index contributed by atoms with van der Waals surface area (Å²) in [7, 11) is 0. The Morgan fingerprint density at radius 2 is 0.917 bits per heavy atom. The minimum Gasteiger partial charge on any atom is -0.310 e. The molecule has 48 heavy (non-hydrogen) atoms. The SMILES string of the molecule is c1ccc(N(c2ccc(-c3ccc4ccc5c6ccccc6ccc5c4c3)cc2)c2cccc3sc4ccc5ccccc5c4c23)cc1. The highest BCUT2D eigenvalue weighted by Crippen LogP contribution is 2.47. The second-order valence-electron chi connectivity index (χ2n) is 12.5. The van der Waals surface area contributed by atoms with Crippen molar-refractivity contribution in [3.63, 3.8) is 0 Å². The van der Waals surface area contributed by atoms with Crippen molar-refractivity contribution in [2.45, 2.75) is 0 Å². The molecular weight excluding hydrogens is 599 g/mol. The first kappa shape index (κ1) is 27.2. The van der Waals surface area contributed by atoms with Crippen LogP contribution >= 0.6 is 11.3 Å². The predicted molar refractivity (Wildman–Crippen MR) is 209 cm³/mol. The van der Waals surface area contributed by atoms with Crippen molar-refractivity contribution < 1.29 is 0 Å². The van der Waals surface area contributed by atoms with E-state index in [0.717, 1.165) is 11.4 Å². The van der Waals surface area contributed by atoms with Gasteiger partial charge in [0.25, 0.3) is 0 Å². The Bertz CT molecular complexity index is 2830. The third-order valence-electron chi connectivity index (χ3n) is 9.82. The molecule has 2 heteroatoms. The number of thiophene rings is 1. The fourth-order valence-corrected chi connectivity index (χ4v) is 8.70. The molecule has 1 heterocycles. The van der Waals surface area contributed by atoms with Crippen LogP contribution in [0.5, 0.6) is 0 Å². The molecule has 9 aromatic carbocycles. The maximum Gasteiger partial charge on any atom is 0.0555 e. The van der Waals surface area contributed by atoms with Gasteiger partial charge in [0, 0.05) is 31.5 Å². The van der Waals surface area contributed by atoms with Crippen LogP contribution in [0.4, 0.5) is 17.1 Å². The number of benzene rings is 9. The van der Waals surface area contributed by atoms with Gasteiger partial charge in [-0.25, -0.2) is 0 Å². The van der Waals surface area contributed by atoms with E-state index in [1.807, 2.05) is 11.3 Å². The van der Waals surface area contributed by atoms with Crippen LogP contribution in [-0.2, 0) is 0 Å². The van der Waals surface area contributed by atoms with E-state index in [1.165, 1.54) is 80.1 Å². The van der Waals surface area contributed by atoms with Gasteiger partial charge >= 0.3 is 0 Å². The lowest BCUT2D eigenvalue weighted by molar-refractivity contribution is 1.30. The van der Waals surface area contributed by atoms with Gasteiger partial charge in [0.1, 0.15) is 0 Å². The highest BCUT2D eigenvalue weighted by molar-refractivity contribution is 7.26. The highest BCUT2D eigenvalue weighted by atomic mass is 32.1. The molecular formula is C46H29NS. The second kappa shape index (κ2) is 10.8. The summed E-state index contributed by atoms with van der Waals surface area (Å²) < 4.78 is 2.61. The summed E-state index contributed by atoms with van der Waals surface area (Å²) in [6.07, 6.45) is 0. The van der Waals surface area contributed by atoms with Crippen LogP contribution in [0.25, 0.3) is 74.4 Å². The molecule has 0 fully saturated rings. The van der Waals surface area contributed by atoms with Crippen LogP contribution in [0.1, 0.15) is 0 Å². The lowest BCUT2D eigenvalue weighted by Crippen LogP contribution is -2.10. The molecule has 0 N–H and O–H groups in total. The Labute approximate surface area is 282 Å². The zero-order valence-corrected chi connectivity index (χ0v) is 26.9. The lowest BCUT2D eigenvalue weighted by Gasteiger charge is -2.26. The van der Waals surface area contributed by atoms with Gasteiger partial charge < -0.3 is 4.90 Å². The maximum atomic E-state index is 2.42. The predicted octanol–water partition coefficient (Wildman–Crippen LogP) is 13.8. The zero-order valence-electron chi connectivity index (χ0n) is 26.1. The second-order valence-corrected chi connectivity index (χ2v) is 13.6. The van der Waals surface area contributed by atoms with Gasteiger partial charge in [0.05, 0.1) is 5.69 Å². The Balaban J connectivity index is 1.13. The summed E-state index contributed by atoms with van der Waals surface area (Å²) in [4.78, 5) is 2.42. The molecule has 0 spiro atoms. The number of anilines is 3. The maximum absolute atomic E-state index is 2.42. The fourth-order valence-electron chi connectivity index (χ4n) is 7.56. The summed E-state index contributed by atoms with van der Waals surface area (Å²) in [6.45, 7) is 0. The third kappa shape index (κ3) is 4.24. The average molecular weight is 628 g/mol. The minimum absolute atomic E-state index is 1.13. The number of hydrogen-bond acceptors (Lipinski definition) is 2. The smallest absolute Gasteiger partial charge is 0.0555 e. The van der Waals surface area contributed by atoms with Gasteiger partial charge in [-0.1, -0.05) is 127 Å². The van der Waals surface area contributed by atoms with Crippen molar-refractivity contribution in [2.75, 3.05) is 4.90 Å². The topological polar surface area (TPSA) is 3.24 Å². The Kier molecular flexibility index (Phi) is 6.12. The van der Waals surface area contributed by atoms with Crippen molar-refractivity contribution >= 4 is 91.7 Å². The van der Waals surface area contributed by atoms with Gasteiger partial charge in [-0.15, -0.1) is 11.3 Å². The molecule has 0 saturated heterocycles. The molecule has 1 nitrogen and oxygen atoms in total. The fraction of sp³-hybridized carbons (Fsp3) is 0. The molecule has 10 aromatic rings. The van der Waals surface area contributed by atoms with E-state index in [2.05, 4.69) is 181 Å². The molecule has 0 amide bonds. The standard InChI is InChI=1S/C46H29NS/c1-2-11-35(12-3-1)47(42-15-8-16-43-46(42)45-38-14-7-5-10-32(38)23-28-44(45)48-43)36-24-19-30(20-25-36)34-18-17-33-22-26-39-37-13-6-4-9-31(37)21-27-40(39)41(33)29-34/h1-29H. The monoisotopic (exact) mass is 627 g/mol. The van der Waals surface area contributed by atoms with Gasteiger partial charge in [-0.05, 0) is 103 Å². The Morgan fingerprint density at radius 1 is 0.333 bits per heavy atom. The first-order chi connectivity index (χ1) is 23.8. The summed E-state index contributed by atoms with van der Waals surface area (Å²) in [5.41, 5.74) is 5.89. The molecule has 0 aliphatic rings. The molecule has 0 atom stereocenters. The van der Waals surface area contributed by atoms with Crippen molar-refractivity contribution in [2.24, 2.45) is 0 Å². The molecule has 0 aliphatic carbocycles. The normalized spacial score (nSPS) is 11.8. The highest BCUT2D eigenvalue weighted by Gasteiger charge is 2.19. The molecule has 10 rings (SSSR count). The number of fused-ring (bicyclic) bond motifs is 10. The van der Waals surface area contributed by atoms with Crippen molar-refractivity contribution in [3.05, 3.63) is 176 Å². The van der Waals surface area contributed by atoms with Crippen molar-refractivity contribution in [1.29, 1.82) is 0 Å². The van der Waals surface area contributed by atoms with Crippen LogP contribution in [0.15, 0.2) is 176 Å². The number of para-hydroxylation sites is 1. The largest absolute Gasteiger partial charge is 0.310 e. The third-order valence-corrected chi connectivity index (χ3v) is 10.9. The van der Waals surface area contributed by atoms with Crippen LogP contribution in [0.2, 0.25) is 0 Å². The van der Waals surface area contributed by atoms with E-state index < -0.39 is 0 Å². The van der Waals surface area contributed by atoms with Crippen LogP contribution in [0, 0.1) is 0 Å². The van der Waals surface area contributed by atoms with E-state index in [0.29, 0.717) is 0 Å². The summed E-state index contributed by atoms with van der Waals surface area (Å²) >= 11 is 1.87. The molecule has 0 radical (unpaired) electrons. The van der Waals surface area contributed by atoms with E-state index in [4.69, 9.17) is 0 Å². The van der Waals surface area contributed by atoms with E-state index in [1.54, 1.807) is 0 Å². The van der Waals surface area contributed by atoms with Crippen LogP contribution in [0.3, 0.4) is 0 Å². The van der Waals surface area contributed by atoms with E-state index >= 15 is 0 Å². The zero-order chi connectivity index (χ0) is 31.6. The minimum atomic E-state index is 1.13. The van der Waals surface area contributed by atoms with Gasteiger partial charge in [0.15, 0.2) is 0 Å². The molecule has 0 aliphatic heterocycles. The number of nitrogens with zero attached hydrogens (tertiary/aromatic N) is 1. The number of hydrogen-bond donors (Lipinski definition) is 0. The molecule has 224 valence electrons. The van der Waals surface area contributed by atoms with Crippen molar-refractivity contribution in [1.82, 2.24) is 0 Å². The number of rotatable bonds is 4. The summed E-state index contributed by atoms with van der Waals surface area (Å²) in [5.74, 6) is 0.